The lowest BCUT2D eigenvalue weighted by Gasteiger charge is -2.24. The lowest BCUT2D eigenvalue weighted by molar-refractivity contribution is 0.201. The van der Waals surface area contributed by atoms with Crippen LogP contribution in [0.2, 0.25) is 10.0 Å². The van der Waals surface area contributed by atoms with Crippen LogP contribution in [-0.2, 0) is 0 Å². The average Bonchev–Trinajstić information content (AvgIpc) is 2.75. The molecule has 1 aromatic carbocycles. The van der Waals surface area contributed by atoms with E-state index in [0.717, 1.165) is 25.7 Å². The van der Waals surface area contributed by atoms with E-state index in [0.29, 0.717) is 28.4 Å². The van der Waals surface area contributed by atoms with Gasteiger partial charge in [0.25, 0.3) is 0 Å². The number of fused-ring (bicyclic) bond motifs is 2. The number of hydrogen-bond acceptors (Lipinski definition) is 3. The van der Waals surface area contributed by atoms with Crippen LogP contribution in [0.1, 0.15) is 19.3 Å². The molecule has 1 aromatic rings. The third kappa shape index (κ3) is 3.40. The van der Waals surface area contributed by atoms with Crippen molar-refractivity contribution in [2.45, 2.75) is 31.3 Å². The van der Waals surface area contributed by atoms with Crippen LogP contribution >= 0.6 is 23.2 Å². The molecule has 0 amide bonds. The first-order chi connectivity index (χ1) is 9.72. The molecule has 5 heteroatoms. The summed E-state index contributed by atoms with van der Waals surface area (Å²) in [6.45, 7) is 3.82. The fraction of sp³-hybridized carbons (Fsp3) is 0.600. The van der Waals surface area contributed by atoms with Crippen molar-refractivity contribution in [3.63, 3.8) is 0 Å². The molecule has 20 heavy (non-hydrogen) atoms. The molecule has 110 valence electrons. The van der Waals surface area contributed by atoms with Crippen molar-refractivity contribution in [1.82, 2.24) is 10.2 Å². The fourth-order valence-corrected chi connectivity index (χ4v) is 3.62. The van der Waals surface area contributed by atoms with Gasteiger partial charge in [0.2, 0.25) is 0 Å². The summed E-state index contributed by atoms with van der Waals surface area (Å²) in [5, 5.41) is 4.84. The second-order valence-electron chi connectivity index (χ2n) is 5.63. The summed E-state index contributed by atoms with van der Waals surface area (Å²) in [4.78, 5) is 2.47. The molecule has 0 saturated carbocycles. The number of rotatable bonds is 4. The molecule has 2 heterocycles. The van der Waals surface area contributed by atoms with Crippen LogP contribution in [-0.4, -0.2) is 43.2 Å². The molecule has 0 radical (unpaired) electrons. The monoisotopic (exact) mass is 314 g/mol. The molecule has 2 aliphatic rings. The van der Waals surface area contributed by atoms with Gasteiger partial charge in [0.05, 0.1) is 10.0 Å². The molecule has 2 fully saturated rings. The molecule has 0 spiro atoms. The summed E-state index contributed by atoms with van der Waals surface area (Å²) in [6, 6.07) is 6.82. The molecule has 2 bridgehead atoms. The minimum Gasteiger partial charge on any atom is -0.489 e. The zero-order valence-electron chi connectivity index (χ0n) is 11.4. The molecule has 2 saturated heterocycles. The highest BCUT2D eigenvalue weighted by molar-refractivity contribution is 6.37. The number of halogens is 2. The number of para-hydroxylation sites is 1. The average molecular weight is 315 g/mol. The van der Waals surface area contributed by atoms with Crippen molar-refractivity contribution in [2.24, 2.45) is 0 Å². The van der Waals surface area contributed by atoms with Crippen LogP contribution in [0.4, 0.5) is 0 Å². The van der Waals surface area contributed by atoms with Crippen molar-refractivity contribution >= 4 is 23.2 Å². The Kier molecular flexibility index (Phi) is 4.72. The smallest absolute Gasteiger partial charge is 0.156 e. The van der Waals surface area contributed by atoms with Gasteiger partial charge in [-0.05, 0) is 37.9 Å². The van der Waals surface area contributed by atoms with Gasteiger partial charge in [-0.15, -0.1) is 0 Å². The van der Waals surface area contributed by atoms with Gasteiger partial charge in [-0.3, -0.25) is 4.90 Å². The van der Waals surface area contributed by atoms with Crippen LogP contribution in [0.5, 0.6) is 5.75 Å². The van der Waals surface area contributed by atoms with E-state index in [1.165, 1.54) is 19.3 Å². The van der Waals surface area contributed by atoms with E-state index in [4.69, 9.17) is 27.9 Å². The third-order valence-electron chi connectivity index (χ3n) is 4.18. The van der Waals surface area contributed by atoms with Crippen molar-refractivity contribution < 1.29 is 4.74 Å². The maximum absolute atomic E-state index is 6.10. The maximum Gasteiger partial charge on any atom is 0.156 e. The van der Waals surface area contributed by atoms with E-state index in [1.807, 2.05) is 6.07 Å². The van der Waals surface area contributed by atoms with E-state index in [1.54, 1.807) is 12.1 Å². The Morgan fingerprint density at radius 3 is 2.70 bits per heavy atom. The number of ether oxygens (including phenoxy) is 1. The maximum atomic E-state index is 6.10. The number of nitrogens with zero attached hydrogens (tertiary/aromatic N) is 1. The van der Waals surface area contributed by atoms with Gasteiger partial charge in [0.1, 0.15) is 6.61 Å². The second-order valence-corrected chi connectivity index (χ2v) is 6.44. The Bertz CT molecular complexity index is 449. The Morgan fingerprint density at radius 2 is 1.90 bits per heavy atom. The van der Waals surface area contributed by atoms with Crippen molar-refractivity contribution in [1.29, 1.82) is 0 Å². The van der Waals surface area contributed by atoms with Crippen LogP contribution in [0.3, 0.4) is 0 Å². The summed E-state index contributed by atoms with van der Waals surface area (Å²) in [7, 11) is 0. The lowest BCUT2D eigenvalue weighted by Crippen LogP contribution is -2.37. The summed E-state index contributed by atoms with van der Waals surface area (Å²) >= 11 is 12.2. The van der Waals surface area contributed by atoms with Gasteiger partial charge in [-0.25, -0.2) is 0 Å². The van der Waals surface area contributed by atoms with Crippen molar-refractivity contribution in [3.8, 4) is 5.75 Å². The first kappa shape index (κ1) is 14.5. The van der Waals surface area contributed by atoms with E-state index in [9.17, 15) is 0 Å². The molecule has 0 aromatic heterocycles. The van der Waals surface area contributed by atoms with Gasteiger partial charge in [0.15, 0.2) is 5.75 Å². The molecule has 2 atom stereocenters. The van der Waals surface area contributed by atoms with Gasteiger partial charge in [-0.1, -0.05) is 29.3 Å². The van der Waals surface area contributed by atoms with E-state index >= 15 is 0 Å². The van der Waals surface area contributed by atoms with E-state index in [-0.39, 0.29) is 0 Å². The zero-order valence-corrected chi connectivity index (χ0v) is 13.0. The van der Waals surface area contributed by atoms with Crippen LogP contribution in [0, 0.1) is 0 Å². The number of benzene rings is 1. The highest BCUT2D eigenvalue weighted by Gasteiger charge is 2.28. The molecule has 1 N–H and O–H groups in total. The minimum absolute atomic E-state index is 0.578. The van der Waals surface area contributed by atoms with Crippen LogP contribution in [0.25, 0.3) is 0 Å². The van der Waals surface area contributed by atoms with Crippen molar-refractivity contribution in [2.75, 3.05) is 26.2 Å². The molecule has 3 nitrogen and oxygen atoms in total. The molecule has 2 unspecified atom stereocenters. The largest absolute Gasteiger partial charge is 0.489 e. The van der Waals surface area contributed by atoms with Gasteiger partial charge in [0, 0.05) is 25.2 Å². The predicted molar refractivity (Wildman–Crippen MR) is 83.0 cm³/mol. The number of likely N-dealkylation sites (tertiary alicyclic amines) is 1. The Hall–Kier alpha value is -0.480. The van der Waals surface area contributed by atoms with Gasteiger partial charge >= 0.3 is 0 Å². The first-order valence-corrected chi connectivity index (χ1v) is 8.03. The third-order valence-corrected chi connectivity index (χ3v) is 4.78. The quantitative estimate of drug-likeness (QED) is 0.923. The Balaban J connectivity index is 1.50. The highest BCUT2D eigenvalue weighted by Crippen LogP contribution is 2.32. The van der Waals surface area contributed by atoms with E-state index < -0.39 is 0 Å². The zero-order chi connectivity index (χ0) is 13.9. The number of hydrogen-bond donors (Lipinski definition) is 1. The highest BCUT2D eigenvalue weighted by atomic mass is 35.5. The predicted octanol–water partition coefficient (Wildman–Crippen LogP) is 3.20. The topological polar surface area (TPSA) is 24.5 Å². The van der Waals surface area contributed by atoms with Gasteiger partial charge in [-0.2, -0.15) is 0 Å². The summed E-state index contributed by atoms with van der Waals surface area (Å²) in [5.74, 6) is 0.602. The fourth-order valence-electron chi connectivity index (χ4n) is 3.12. The van der Waals surface area contributed by atoms with E-state index in [2.05, 4.69) is 10.2 Å². The molecule has 2 aliphatic heterocycles. The molecular weight excluding hydrogens is 295 g/mol. The minimum atomic E-state index is 0.578. The Morgan fingerprint density at radius 1 is 1.15 bits per heavy atom. The van der Waals surface area contributed by atoms with Crippen LogP contribution < -0.4 is 10.1 Å². The summed E-state index contributed by atoms with van der Waals surface area (Å²) in [5.41, 5.74) is 0. The molecule has 0 aliphatic carbocycles. The molecule has 3 rings (SSSR count). The van der Waals surface area contributed by atoms with Crippen molar-refractivity contribution in [3.05, 3.63) is 28.2 Å². The molecular formula is C15H20Cl2N2O. The summed E-state index contributed by atoms with van der Waals surface area (Å²) < 4.78 is 5.77. The first-order valence-electron chi connectivity index (χ1n) is 7.27. The lowest BCUT2D eigenvalue weighted by atomic mass is 10.1. The SMILES string of the molecule is Clc1cccc(Cl)c1OCCN1CCC2CCC(C1)N2. The Labute approximate surface area is 130 Å². The number of nitrogens with one attached hydrogen (secondary N) is 1. The second kappa shape index (κ2) is 6.52. The van der Waals surface area contributed by atoms with Crippen LogP contribution in [0.15, 0.2) is 18.2 Å². The van der Waals surface area contributed by atoms with Gasteiger partial charge < -0.3 is 10.1 Å². The normalized spacial score (nSPS) is 26.5. The summed E-state index contributed by atoms with van der Waals surface area (Å²) in [6.07, 6.45) is 3.88. The standard InChI is InChI=1S/C15H20Cl2N2O/c16-13-2-1-3-14(17)15(13)20-9-8-19-7-6-11-4-5-12(10-19)18-11/h1-3,11-12,18H,4-10H2.